The van der Waals surface area contributed by atoms with Crippen LogP contribution in [0.15, 0.2) is 89.1 Å². The first-order valence-electron chi connectivity index (χ1n) is 10.9. The third-order valence-corrected chi connectivity index (χ3v) is 5.85. The molecule has 0 aliphatic carbocycles. The van der Waals surface area contributed by atoms with Crippen LogP contribution in [0, 0.1) is 13.8 Å². The summed E-state index contributed by atoms with van der Waals surface area (Å²) in [6.45, 7) is 4.55. The molecule has 1 N–H and O–H groups in total. The Hall–Kier alpha value is -3.96. The number of rotatable bonds is 5. The number of carbonyl (C=O) groups is 1. The summed E-state index contributed by atoms with van der Waals surface area (Å²) in [4.78, 5) is 21.9. The van der Waals surface area contributed by atoms with Crippen molar-refractivity contribution in [3.8, 4) is 0 Å². The molecule has 0 unspecified atom stereocenters. The van der Waals surface area contributed by atoms with E-state index in [1.165, 1.54) is 0 Å². The van der Waals surface area contributed by atoms with Crippen LogP contribution in [-0.2, 0) is 4.74 Å². The maximum absolute atomic E-state index is 13.6. The Morgan fingerprint density at radius 2 is 1.82 bits per heavy atom. The fourth-order valence-corrected chi connectivity index (χ4v) is 4.31. The number of methoxy groups -OCH3 is 1. The van der Waals surface area contributed by atoms with Crippen LogP contribution in [0.25, 0.3) is 17.0 Å². The largest absolute Gasteiger partial charge is 0.380 e. The van der Waals surface area contributed by atoms with Gasteiger partial charge in [-0.05, 0) is 61.9 Å². The van der Waals surface area contributed by atoms with Crippen LogP contribution in [0.4, 0.5) is 0 Å². The van der Waals surface area contributed by atoms with Gasteiger partial charge in [-0.2, -0.15) is 0 Å². The summed E-state index contributed by atoms with van der Waals surface area (Å²) in [6.07, 6.45) is 4.07. The zero-order chi connectivity index (χ0) is 22.9. The molecule has 0 fully saturated rings. The average Bonchev–Trinajstić information content (AvgIpc) is 3.49. The Kier molecular flexibility index (Phi) is 5.40. The fourth-order valence-electron chi connectivity index (χ4n) is 4.31. The molecule has 0 atom stereocenters. The normalized spacial score (nSPS) is 14.7. The maximum Gasteiger partial charge on any atom is 0.262 e. The summed E-state index contributed by atoms with van der Waals surface area (Å²) in [5, 5.41) is 0.995. The van der Waals surface area contributed by atoms with Gasteiger partial charge in [-0.3, -0.25) is 9.36 Å². The SMILES string of the molecule is COCC1=CC(c2cc3ccccc3n2C(=O)c2ccccc2)=N/C1=C/c1[nH]c(C)cc1C. The highest BCUT2D eigenvalue weighted by Gasteiger charge is 2.23. The Labute approximate surface area is 192 Å². The lowest BCUT2D eigenvalue weighted by Gasteiger charge is -2.09. The first-order chi connectivity index (χ1) is 16.0. The number of carbonyl (C=O) groups excluding carboxylic acids is 1. The molecule has 0 saturated heterocycles. The lowest BCUT2D eigenvalue weighted by Crippen LogP contribution is -2.17. The predicted molar refractivity (Wildman–Crippen MR) is 133 cm³/mol. The van der Waals surface area contributed by atoms with E-state index in [4.69, 9.17) is 9.73 Å². The van der Waals surface area contributed by atoms with E-state index in [-0.39, 0.29) is 5.91 Å². The molecule has 0 radical (unpaired) electrons. The smallest absolute Gasteiger partial charge is 0.262 e. The van der Waals surface area contributed by atoms with Gasteiger partial charge in [-0.15, -0.1) is 0 Å². The predicted octanol–water partition coefficient (Wildman–Crippen LogP) is 5.69. The molecule has 0 spiro atoms. The van der Waals surface area contributed by atoms with E-state index in [2.05, 4.69) is 18.0 Å². The van der Waals surface area contributed by atoms with E-state index in [0.29, 0.717) is 12.2 Å². The number of aliphatic imine (C=N–C) groups is 1. The van der Waals surface area contributed by atoms with Gasteiger partial charge in [0.25, 0.3) is 5.91 Å². The van der Waals surface area contributed by atoms with Crippen molar-refractivity contribution in [1.82, 2.24) is 9.55 Å². The molecule has 1 aliphatic rings. The van der Waals surface area contributed by atoms with Crippen molar-refractivity contribution in [2.24, 2.45) is 4.99 Å². The number of benzene rings is 2. The van der Waals surface area contributed by atoms with Gasteiger partial charge in [0, 0.05) is 35.0 Å². The first-order valence-corrected chi connectivity index (χ1v) is 10.9. The first kappa shape index (κ1) is 20.9. The molecule has 3 heterocycles. The van der Waals surface area contributed by atoms with E-state index in [1.54, 1.807) is 11.7 Å². The molecular weight excluding hydrogens is 410 g/mol. The van der Waals surface area contributed by atoms with Crippen molar-refractivity contribution in [3.63, 3.8) is 0 Å². The molecule has 0 bridgehead atoms. The lowest BCUT2D eigenvalue weighted by atomic mass is 10.1. The highest BCUT2D eigenvalue weighted by molar-refractivity contribution is 6.17. The van der Waals surface area contributed by atoms with Gasteiger partial charge in [-0.1, -0.05) is 36.4 Å². The minimum absolute atomic E-state index is 0.0792. The van der Waals surface area contributed by atoms with Crippen molar-refractivity contribution >= 4 is 28.6 Å². The van der Waals surface area contributed by atoms with Crippen LogP contribution in [0.2, 0.25) is 0 Å². The van der Waals surface area contributed by atoms with E-state index in [9.17, 15) is 4.79 Å². The molecule has 5 heteroatoms. The molecule has 5 nitrogen and oxygen atoms in total. The van der Waals surface area contributed by atoms with Crippen LogP contribution in [0.1, 0.15) is 33.0 Å². The number of nitrogens with one attached hydrogen (secondary N) is 1. The van der Waals surface area contributed by atoms with Crippen molar-refractivity contribution in [2.75, 3.05) is 13.7 Å². The van der Waals surface area contributed by atoms with E-state index >= 15 is 0 Å². The Bertz CT molecular complexity index is 1450. The molecule has 2 aromatic heterocycles. The molecular formula is C28H25N3O2. The molecule has 5 rings (SSSR count). The van der Waals surface area contributed by atoms with Gasteiger partial charge >= 0.3 is 0 Å². The summed E-state index contributed by atoms with van der Waals surface area (Å²) in [5.74, 6) is -0.0792. The molecule has 2 aromatic carbocycles. The summed E-state index contributed by atoms with van der Waals surface area (Å²) >= 11 is 0. The number of ether oxygens (including phenoxy) is 1. The van der Waals surface area contributed by atoms with Crippen LogP contribution in [-0.4, -0.2) is 34.9 Å². The molecule has 0 amide bonds. The van der Waals surface area contributed by atoms with Gasteiger partial charge in [-0.25, -0.2) is 4.99 Å². The molecule has 33 heavy (non-hydrogen) atoms. The highest BCUT2D eigenvalue weighted by Crippen LogP contribution is 2.29. The van der Waals surface area contributed by atoms with Crippen LogP contribution in [0.5, 0.6) is 0 Å². The standard InChI is InChI=1S/C28H25N3O2/c1-18-13-19(2)29-23(18)16-24-22(17-33-3)14-25(30-24)27-15-21-11-7-8-12-26(21)31(27)28(32)20-9-5-4-6-10-20/h4-16,29H,17H2,1-3H3/b24-16+. The number of allylic oxidation sites excluding steroid dienone is 1. The van der Waals surface area contributed by atoms with Crippen LogP contribution >= 0.6 is 0 Å². The molecule has 0 saturated carbocycles. The van der Waals surface area contributed by atoms with Gasteiger partial charge in [0.2, 0.25) is 0 Å². The minimum Gasteiger partial charge on any atom is -0.380 e. The Balaban J connectivity index is 1.67. The number of para-hydroxylation sites is 1. The summed E-state index contributed by atoms with van der Waals surface area (Å²) in [7, 11) is 1.68. The number of aromatic nitrogens is 2. The zero-order valence-electron chi connectivity index (χ0n) is 18.9. The number of fused-ring (bicyclic) bond motifs is 1. The van der Waals surface area contributed by atoms with E-state index in [1.807, 2.05) is 79.7 Å². The average molecular weight is 436 g/mol. The van der Waals surface area contributed by atoms with Crippen molar-refractivity contribution in [3.05, 3.63) is 112 Å². The number of aryl methyl sites for hydroxylation is 2. The zero-order valence-corrected chi connectivity index (χ0v) is 18.9. The third kappa shape index (κ3) is 3.88. The van der Waals surface area contributed by atoms with Crippen LogP contribution < -0.4 is 0 Å². The molecule has 164 valence electrons. The number of nitrogens with zero attached hydrogens (tertiary/aromatic N) is 2. The second kappa shape index (κ2) is 8.52. The van der Waals surface area contributed by atoms with Gasteiger partial charge in [0.15, 0.2) is 0 Å². The number of aromatic amines is 1. The number of hydrogen-bond donors (Lipinski definition) is 1. The fraction of sp³-hybridized carbons (Fsp3) is 0.143. The van der Waals surface area contributed by atoms with Crippen molar-refractivity contribution < 1.29 is 9.53 Å². The Morgan fingerprint density at radius 3 is 2.55 bits per heavy atom. The quantitative estimate of drug-likeness (QED) is 0.438. The minimum atomic E-state index is -0.0792. The molecule has 1 aliphatic heterocycles. The summed E-state index contributed by atoms with van der Waals surface area (Å²) in [5.41, 5.74) is 8.10. The van der Waals surface area contributed by atoms with Crippen molar-refractivity contribution in [2.45, 2.75) is 13.8 Å². The van der Waals surface area contributed by atoms with Gasteiger partial charge in [0.1, 0.15) is 0 Å². The maximum atomic E-state index is 13.6. The lowest BCUT2D eigenvalue weighted by molar-refractivity contribution is 0.0964. The number of hydrogen-bond acceptors (Lipinski definition) is 3. The van der Waals surface area contributed by atoms with Gasteiger partial charge < -0.3 is 9.72 Å². The topological polar surface area (TPSA) is 59.4 Å². The summed E-state index contributed by atoms with van der Waals surface area (Å²) < 4.78 is 7.21. The van der Waals surface area contributed by atoms with Crippen LogP contribution in [0.3, 0.4) is 0 Å². The number of H-pyrrole nitrogens is 1. The monoisotopic (exact) mass is 435 g/mol. The van der Waals surface area contributed by atoms with E-state index in [0.717, 1.165) is 50.5 Å². The highest BCUT2D eigenvalue weighted by atomic mass is 16.5. The van der Waals surface area contributed by atoms with E-state index < -0.39 is 0 Å². The second-order valence-corrected chi connectivity index (χ2v) is 8.27. The van der Waals surface area contributed by atoms with Gasteiger partial charge in [0.05, 0.1) is 29.2 Å². The summed E-state index contributed by atoms with van der Waals surface area (Å²) in [6, 6.07) is 21.4. The molecule has 4 aromatic rings. The second-order valence-electron chi connectivity index (χ2n) is 8.27. The van der Waals surface area contributed by atoms with Crippen molar-refractivity contribution in [1.29, 1.82) is 0 Å². The Morgan fingerprint density at radius 1 is 1.06 bits per heavy atom. The third-order valence-electron chi connectivity index (χ3n) is 5.85.